The molecule has 8 heteroatoms. The lowest BCUT2D eigenvalue weighted by Crippen LogP contribution is -2.19. The van der Waals surface area contributed by atoms with Crippen molar-refractivity contribution in [3.05, 3.63) is 59.6 Å². The summed E-state index contributed by atoms with van der Waals surface area (Å²) in [6.45, 7) is 2.00. The molecule has 0 amide bonds. The van der Waals surface area contributed by atoms with E-state index in [1.165, 1.54) is 0 Å². The molecule has 27 heavy (non-hydrogen) atoms. The first-order valence-corrected chi connectivity index (χ1v) is 8.91. The second-order valence-electron chi connectivity index (χ2n) is 6.12. The molecule has 0 aliphatic carbocycles. The number of likely N-dealkylation sites (N-methyl/N-ethyl adjacent to an activating group) is 1. The van der Waals surface area contributed by atoms with Gasteiger partial charge in [-0.3, -0.25) is 0 Å². The van der Waals surface area contributed by atoms with Gasteiger partial charge in [0.25, 0.3) is 0 Å². The maximum Gasteiger partial charge on any atom is 0.229 e. The molecule has 0 unspecified atom stereocenters. The van der Waals surface area contributed by atoms with Gasteiger partial charge in [0, 0.05) is 12.2 Å². The van der Waals surface area contributed by atoms with E-state index in [9.17, 15) is 0 Å². The molecule has 0 atom stereocenters. The first kappa shape index (κ1) is 19.0. The van der Waals surface area contributed by atoms with Gasteiger partial charge >= 0.3 is 0 Å². The molecule has 3 rings (SSSR count). The van der Waals surface area contributed by atoms with Crippen LogP contribution in [0.5, 0.6) is 5.75 Å². The number of nitrogens with zero attached hydrogens (tertiary/aromatic N) is 3. The maximum atomic E-state index is 6.16. The van der Waals surface area contributed by atoms with Crippen LogP contribution in [-0.2, 0) is 6.54 Å². The Kier molecular flexibility index (Phi) is 6.51. The van der Waals surface area contributed by atoms with Crippen molar-refractivity contribution in [3.8, 4) is 5.75 Å². The first-order chi connectivity index (χ1) is 13.1. The number of aromatic nitrogens is 2. The lowest BCUT2D eigenvalue weighted by atomic mass is 10.3. The minimum Gasteiger partial charge on any atom is -0.492 e. The molecule has 0 bridgehead atoms. The fourth-order valence-electron chi connectivity index (χ4n) is 2.24. The van der Waals surface area contributed by atoms with Crippen LogP contribution in [0.2, 0.25) is 5.02 Å². The van der Waals surface area contributed by atoms with Crippen LogP contribution in [0.25, 0.3) is 0 Å². The van der Waals surface area contributed by atoms with Crippen LogP contribution < -0.4 is 15.4 Å². The van der Waals surface area contributed by atoms with Gasteiger partial charge < -0.3 is 24.7 Å². The van der Waals surface area contributed by atoms with Gasteiger partial charge in [0.15, 0.2) is 5.82 Å². The zero-order chi connectivity index (χ0) is 19.1. The quantitative estimate of drug-likeness (QED) is 0.574. The van der Waals surface area contributed by atoms with Gasteiger partial charge in [-0.1, -0.05) is 11.6 Å². The van der Waals surface area contributed by atoms with E-state index >= 15 is 0 Å². The van der Waals surface area contributed by atoms with Crippen molar-refractivity contribution in [3.63, 3.8) is 0 Å². The van der Waals surface area contributed by atoms with E-state index in [-0.39, 0.29) is 0 Å². The molecule has 2 aromatic heterocycles. The highest BCUT2D eigenvalue weighted by atomic mass is 35.5. The molecule has 2 N–H and O–H groups in total. The molecule has 3 aromatic rings. The van der Waals surface area contributed by atoms with Crippen molar-refractivity contribution in [1.82, 2.24) is 14.9 Å². The smallest absolute Gasteiger partial charge is 0.229 e. The second kappa shape index (κ2) is 9.25. The Morgan fingerprint density at radius 3 is 2.70 bits per heavy atom. The lowest BCUT2D eigenvalue weighted by molar-refractivity contribution is 0.261. The predicted octanol–water partition coefficient (Wildman–Crippen LogP) is 4.02. The fraction of sp³-hybridized carbons (Fsp3) is 0.263. The summed E-state index contributed by atoms with van der Waals surface area (Å²) in [6, 6.07) is 11.4. The normalized spacial score (nSPS) is 10.8. The highest BCUT2D eigenvalue weighted by Crippen LogP contribution is 2.23. The zero-order valence-corrected chi connectivity index (χ0v) is 16.0. The van der Waals surface area contributed by atoms with Crippen molar-refractivity contribution in [2.75, 3.05) is 37.9 Å². The van der Waals surface area contributed by atoms with Crippen LogP contribution in [0.1, 0.15) is 5.76 Å². The van der Waals surface area contributed by atoms with Gasteiger partial charge in [-0.25, -0.2) is 4.98 Å². The number of hydrogen-bond acceptors (Lipinski definition) is 7. The topological polar surface area (TPSA) is 75.5 Å². The minimum atomic E-state index is 0.441. The van der Waals surface area contributed by atoms with E-state index in [1.54, 1.807) is 12.5 Å². The monoisotopic (exact) mass is 387 g/mol. The number of ether oxygens (including phenoxy) is 1. The molecule has 0 aliphatic heterocycles. The molecule has 7 nitrogen and oxygen atoms in total. The average molecular weight is 388 g/mol. The Morgan fingerprint density at radius 2 is 2.00 bits per heavy atom. The van der Waals surface area contributed by atoms with Crippen LogP contribution in [0.3, 0.4) is 0 Å². The van der Waals surface area contributed by atoms with E-state index in [1.807, 2.05) is 50.5 Å². The Hall–Kier alpha value is -2.77. The molecular formula is C19H22ClN5O2. The van der Waals surface area contributed by atoms with Crippen molar-refractivity contribution in [2.24, 2.45) is 0 Å². The minimum absolute atomic E-state index is 0.441. The molecule has 0 radical (unpaired) electrons. The number of nitrogens with one attached hydrogen (secondary N) is 2. The molecule has 0 fully saturated rings. The van der Waals surface area contributed by atoms with Gasteiger partial charge in [-0.15, -0.1) is 0 Å². The third-order valence-electron chi connectivity index (χ3n) is 3.67. The average Bonchev–Trinajstić information content (AvgIpc) is 3.17. The van der Waals surface area contributed by atoms with E-state index in [2.05, 4.69) is 25.5 Å². The standard InChI is InChI=1S/C19H22ClN5O2/c1-25(2)9-11-27-15-7-5-14(6-8-15)23-19-22-13-17(20)18(24-19)21-12-16-4-3-10-26-16/h3-8,10,13H,9,11-12H2,1-2H3,(H2,21,22,23,24). The molecule has 0 saturated heterocycles. The third-order valence-corrected chi connectivity index (χ3v) is 3.95. The SMILES string of the molecule is CN(C)CCOc1ccc(Nc2ncc(Cl)c(NCc3ccco3)n2)cc1. The van der Waals surface area contributed by atoms with Crippen molar-refractivity contribution in [2.45, 2.75) is 6.54 Å². The Morgan fingerprint density at radius 1 is 1.19 bits per heavy atom. The summed E-state index contributed by atoms with van der Waals surface area (Å²) in [6.07, 6.45) is 3.18. The summed E-state index contributed by atoms with van der Waals surface area (Å²) in [7, 11) is 4.03. The van der Waals surface area contributed by atoms with Crippen LogP contribution >= 0.6 is 11.6 Å². The second-order valence-corrected chi connectivity index (χ2v) is 6.53. The summed E-state index contributed by atoms with van der Waals surface area (Å²) < 4.78 is 11.0. The van der Waals surface area contributed by atoms with E-state index in [0.29, 0.717) is 29.9 Å². The Labute approximate surface area is 163 Å². The van der Waals surface area contributed by atoms with Gasteiger partial charge in [0.2, 0.25) is 5.95 Å². The number of furan rings is 1. The molecule has 0 aliphatic rings. The fourth-order valence-corrected chi connectivity index (χ4v) is 2.40. The van der Waals surface area contributed by atoms with Gasteiger partial charge in [-0.2, -0.15) is 4.98 Å². The van der Waals surface area contributed by atoms with Gasteiger partial charge in [0.1, 0.15) is 23.1 Å². The first-order valence-electron chi connectivity index (χ1n) is 8.53. The molecule has 1 aromatic carbocycles. The zero-order valence-electron chi connectivity index (χ0n) is 15.3. The molecular weight excluding hydrogens is 366 g/mol. The predicted molar refractivity (Wildman–Crippen MR) is 107 cm³/mol. The maximum absolute atomic E-state index is 6.16. The summed E-state index contributed by atoms with van der Waals surface area (Å²) in [5.41, 5.74) is 0.856. The molecule has 2 heterocycles. The number of hydrogen-bond donors (Lipinski definition) is 2. The number of anilines is 3. The number of benzene rings is 1. The molecule has 0 saturated carbocycles. The third kappa shape index (κ3) is 5.87. The lowest BCUT2D eigenvalue weighted by Gasteiger charge is -2.12. The van der Waals surface area contributed by atoms with Crippen molar-refractivity contribution < 1.29 is 9.15 Å². The Balaban J connectivity index is 1.59. The Bertz CT molecular complexity index is 838. The number of rotatable bonds is 9. The van der Waals surface area contributed by atoms with Gasteiger partial charge in [-0.05, 0) is 50.5 Å². The van der Waals surface area contributed by atoms with Crippen LogP contribution in [0.4, 0.5) is 17.5 Å². The van der Waals surface area contributed by atoms with Gasteiger partial charge in [0.05, 0.1) is 19.0 Å². The highest BCUT2D eigenvalue weighted by Gasteiger charge is 2.07. The molecule has 142 valence electrons. The van der Waals surface area contributed by atoms with E-state index in [0.717, 1.165) is 23.7 Å². The van der Waals surface area contributed by atoms with Crippen molar-refractivity contribution in [1.29, 1.82) is 0 Å². The van der Waals surface area contributed by atoms with Crippen LogP contribution in [0, 0.1) is 0 Å². The highest BCUT2D eigenvalue weighted by molar-refractivity contribution is 6.32. The van der Waals surface area contributed by atoms with E-state index < -0.39 is 0 Å². The van der Waals surface area contributed by atoms with Crippen LogP contribution in [-0.4, -0.2) is 42.1 Å². The summed E-state index contributed by atoms with van der Waals surface area (Å²) in [5, 5.41) is 6.74. The van der Waals surface area contributed by atoms with Crippen molar-refractivity contribution >= 4 is 29.1 Å². The summed E-state index contributed by atoms with van der Waals surface area (Å²) in [5.74, 6) is 2.60. The van der Waals surface area contributed by atoms with Crippen LogP contribution in [0.15, 0.2) is 53.3 Å². The number of halogens is 1. The summed E-state index contributed by atoms with van der Waals surface area (Å²) in [4.78, 5) is 10.7. The largest absolute Gasteiger partial charge is 0.492 e. The summed E-state index contributed by atoms with van der Waals surface area (Å²) >= 11 is 6.16. The molecule has 0 spiro atoms. The van der Waals surface area contributed by atoms with E-state index in [4.69, 9.17) is 20.8 Å².